The van der Waals surface area contributed by atoms with Gasteiger partial charge in [-0.05, 0) is 45.0 Å². The molecule has 0 saturated carbocycles. The molecular formula is C16H21ClN2O5. The van der Waals surface area contributed by atoms with Gasteiger partial charge in [0.25, 0.3) is 5.91 Å². The first kappa shape index (κ1) is 19.8. The normalized spacial score (nSPS) is 10.7. The highest BCUT2D eigenvalue weighted by Gasteiger charge is 2.30. The molecule has 7 nitrogen and oxygen atoms in total. The van der Waals surface area contributed by atoms with Gasteiger partial charge in [-0.25, -0.2) is 0 Å². The van der Waals surface area contributed by atoms with E-state index in [0.717, 1.165) is 0 Å². The lowest BCUT2D eigenvalue weighted by Gasteiger charge is -2.25. The summed E-state index contributed by atoms with van der Waals surface area (Å²) in [5.74, 6) is -1.03. The highest BCUT2D eigenvalue weighted by Crippen LogP contribution is 2.20. The van der Waals surface area contributed by atoms with Gasteiger partial charge >= 0.3 is 5.97 Å². The summed E-state index contributed by atoms with van der Waals surface area (Å²) in [5, 5.41) is 5.36. The summed E-state index contributed by atoms with van der Waals surface area (Å²) in [6, 6.07) is 6.58. The van der Waals surface area contributed by atoms with Crippen molar-refractivity contribution in [1.82, 2.24) is 10.6 Å². The quantitative estimate of drug-likeness (QED) is 0.685. The molecule has 24 heavy (non-hydrogen) atoms. The van der Waals surface area contributed by atoms with Gasteiger partial charge in [0.1, 0.15) is 12.3 Å². The van der Waals surface area contributed by atoms with Crippen molar-refractivity contribution in [3.63, 3.8) is 0 Å². The topological polar surface area (TPSA) is 93.7 Å². The molecule has 8 heteroatoms. The second kappa shape index (κ2) is 9.12. The second-order valence-corrected chi connectivity index (χ2v) is 5.77. The molecule has 2 amide bonds. The zero-order chi connectivity index (χ0) is 18.2. The third-order valence-electron chi connectivity index (χ3n) is 2.88. The number of rotatable bonds is 8. The van der Waals surface area contributed by atoms with E-state index in [2.05, 4.69) is 15.4 Å². The molecule has 0 radical (unpaired) electrons. The largest absolute Gasteiger partial charge is 0.478 e. The highest BCUT2D eigenvalue weighted by atomic mass is 35.5. The second-order valence-electron chi connectivity index (χ2n) is 5.33. The predicted octanol–water partition coefficient (Wildman–Crippen LogP) is 1.29. The molecule has 0 saturated heterocycles. The van der Waals surface area contributed by atoms with Crippen molar-refractivity contribution in [2.75, 3.05) is 19.7 Å². The fourth-order valence-electron chi connectivity index (χ4n) is 1.66. The van der Waals surface area contributed by atoms with Gasteiger partial charge < -0.3 is 20.1 Å². The molecule has 0 spiro atoms. The van der Waals surface area contributed by atoms with Gasteiger partial charge in [-0.3, -0.25) is 14.4 Å². The molecule has 132 valence electrons. The van der Waals surface area contributed by atoms with Crippen LogP contribution in [-0.4, -0.2) is 43.1 Å². The first-order valence-electron chi connectivity index (χ1n) is 7.40. The fraction of sp³-hybridized carbons (Fsp3) is 0.438. The van der Waals surface area contributed by atoms with Crippen LogP contribution < -0.4 is 15.4 Å². The van der Waals surface area contributed by atoms with Crippen molar-refractivity contribution in [2.24, 2.45) is 0 Å². The molecule has 0 aliphatic heterocycles. The van der Waals surface area contributed by atoms with Gasteiger partial charge in [0.2, 0.25) is 5.91 Å². The number of carbonyl (C=O) groups is 3. The van der Waals surface area contributed by atoms with Crippen LogP contribution in [0, 0.1) is 0 Å². The number of nitrogens with one attached hydrogen (secondary N) is 2. The van der Waals surface area contributed by atoms with Crippen LogP contribution in [-0.2, 0) is 19.1 Å². The number of hydrogen-bond acceptors (Lipinski definition) is 5. The molecule has 1 aromatic carbocycles. The van der Waals surface area contributed by atoms with Crippen LogP contribution >= 0.6 is 11.6 Å². The van der Waals surface area contributed by atoms with Gasteiger partial charge in [0.05, 0.1) is 13.2 Å². The lowest BCUT2D eigenvalue weighted by molar-refractivity contribution is -0.143. The first-order valence-corrected chi connectivity index (χ1v) is 7.77. The molecule has 0 unspecified atom stereocenters. The van der Waals surface area contributed by atoms with Crippen molar-refractivity contribution in [3.05, 3.63) is 29.3 Å². The average molecular weight is 357 g/mol. The minimum Gasteiger partial charge on any atom is -0.478 e. The number of ether oxygens (including phenoxy) is 2. The summed E-state index contributed by atoms with van der Waals surface area (Å²) >= 11 is 5.79. The van der Waals surface area contributed by atoms with E-state index in [9.17, 15) is 14.4 Å². The lowest BCUT2D eigenvalue weighted by Crippen LogP contribution is -2.49. The molecule has 0 aliphatic rings. The van der Waals surface area contributed by atoms with Gasteiger partial charge in [0.15, 0.2) is 5.60 Å². The standard InChI is InChI=1S/C16H21ClN2O5/c1-4-23-14(21)10-18-13(20)9-19-15(22)16(2,3)24-12-7-5-11(17)6-8-12/h5-8H,4,9-10H2,1-3H3,(H,18,20)(H,19,22). The Kier molecular flexibility index (Phi) is 7.51. The number of hydrogen-bond donors (Lipinski definition) is 2. The van der Waals surface area contributed by atoms with E-state index in [1.54, 1.807) is 45.0 Å². The number of halogens is 1. The monoisotopic (exact) mass is 356 g/mol. The van der Waals surface area contributed by atoms with Crippen molar-refractivity contribution in [3.8, 4) is 5.75 Å². The van der Waals surface area contributed by atoms with E-state index < -0.39 is 23.4 Å². The molecule has 0 bridgehead atoms. The van der Waals surface area contributed by atoms with E-state index in [0.29, 0.717) is 10.8 Å². The smallest absolute Gasteiger partial charge is 0.325 e. The predicted molar refractivity (Wildman–Crippen MR) is 88.8 cm³/mol. The van der Waals surface area contributed by atoms with Crippen molar-refractivity contribution < 1.29 is 23.9 Å². The maximum Gasteiger partial charge on any atom is 0.325 e. The zero-order valence-corrected chi connectivity index (χ0v) is 14.6. The summed E-state index contributed by atoms with van der Waals surface area (Å²) in [6.45, 7) is 4.55. The Labute approximate surface area is 145 Å². The molecule has 2 N–H and O–H groups in total. The maximum atomic E-state index is 12.1. The molecular weight excluding hydrogens is 336 g/mol. The Bertz CT molecular complexity index is 587. The summed E-state index contributed by atoms with van der Waals surface area (Å²) in [6.07, 6.45) is 0. The fourth-order valence-corrected chi connectivity index (χ4v) is 1.79. The summed E-state index contributed by atoms with van der Waals surface area (Å²) in [7, 11) is 0. The third-order valence-corrected chi connectivity index (χ3v) is 3.13. The molecule has 1 aromatic rings. The average Bonchev–Trinajstić information content (AvgIpc) is 2.52. The summed E-state index contributed by atoms with van der Waals surface area (Å²) in [4.78, 5) is 34.9. The van der Waals surface area contributed by atoms with Crippen LogP contribution in [0.4, 0.5) is 0 Å². The van der Waals surface area contributed by atoms with Gasteiger partial charge in [-0.2, -0.15) is 0 Å². The number of esters is 1. The van der Waals surface area contributed by atoms with E-state index >= 15 is 0 Å². The van der Waals surface area contributed by atoms with E-state index in [1.807, 2.05) is 0 Å². The summed E-state index contributed by atoms with van der Waals surface area (Å²) in [5.41, 5.74) is -1.19. The first-order chi connectivity index (χ1) is 11.2. The minimum absolute atomic E-state index is 0.238. The molecule has 0 aromatic heterocycles. The Morgan fingerprint density at radius 1 is 1.08 bits per heavy atom. The van der Waals surface area contributed by atoms with Crippen LogP contribution in [0.3, 0.4) is 0 Å². The Balaban J connectivity index is 2.43. The van der Waals surface area contributed by atoms with E-state index in [1.165, 1.54) is 0 Å². The SMILES string of the molecule is CCOC(=O)CNC(=O)CNC(=O)C(C)(C)Oc1ccc(Cl)cc1. The Hall–Kier alpha value is -2.28. The van der Waals surface area contributed by atoms with Crippen LogP contribution in [0.1, 0.15) is 20.8 Å². The van der Waals surface area contributed by atoms with Crippen LogP contribution in [0.25, 0.3) is 0 Å². The summed E-state index contributed by atoms with van der Waals surface area (Å²) < 4.78 is 10.3. The molecule has 1 rings (SSSR count). The lowest BCUT2D eigenvalue weighted by atomic mass is 10.1. The molecule has 0 atom stereocenters. The molecule has 0 heterocycles. The van der Waals surface area contributed by atoms with Crippen molar-refractivity contribution >= 4 is 29.4 Å². The molecule has 0 aliphatic carbocycles. The number of benzene rings is 1. The van der Waals surface area contributed by atoms with E-state index in [4.69, 9.17) is 16.3 Å². The van der Waals surface area contributed by atoms with E-state index in [-0.39, 0.29) is 19.7 Å². The highest BCUT2D eigenvalue weighted by molar-refractivity contribution is 6.30. The van der Waals surface area contributed by atoms with Crippen molar-refractivity contribution in [2.45, 2.75) is 26.4 Å². The third kappa shape index (κ3) is 6.87. The number of amides is 2. The van der Waals surface area contributed by atoms with Gasteiger partial charge in [-0.1, -0.05) is 11.6 Å². The van der Waals surface area contributed by atoms with Crippen LogP contribution in [0.15, 0.2) is 24.3 Å². The van der Waals surface area contributed by atoms with Gasteiger partial charge in [0, 0.05) is 5.02 Å². The van der Waals surface area contributed by atoms with Crippen LogP contribution in [0.5, 0.6) is 5.75 Å². The molecule has 0 fully saturated rings. The maximum absolute atomic E-state index is 12.1. The van der Waals surface area contributed by atoms with Crippen molar-refractivity contribution in [1.29, 1.82) is 0 Å². The Morgan fingerprint density at radius 2 is 1.71 bits per heavy atom. The Morgan fingerprint density at radius 3 is 2.29 bits per heavy atom. The van der Waals surface area contributed by atoms with Crippen LogP contribution in [0.2, 0.25) is 5.02 Å². The number of carbonyl (C=O) groups excluding carboxylic acids is 3. The zero-order valence-electron chi connectivity index (χ0n) is 13.8. The van der Waals surface area contributed by atoms with Gasteiger partial charge in [-0.15, -0.1) is 0 Å². The minimum atomic E-state index is -1.19.